The van der Waals surface area contributed by atoms with E-state index < -0.39 is 5.97 Å². The van der Waals surface area contributed by atoms with Gasteiger partial charge in [-0.15, -0.1) is 11.3 Å². The summed E-state index contributed by atoms with van der Waals surface area (Å²) in [5, 5.41) is 14.1. The number of aromatic nitrogens is 1. The zero-order valence-corrected chi connectivity index (χ0v) is 8.02. The summed E-state index contributed by atoms with van der Waals surface area (Å²) in [5.41, 5.74) is 0.282. The predicted molar refractivity (Wildman–Crippen MR) is 50.3 cm³/mol. The van der Waals surface area contributed by atoms with E-state index in [-0.39, 0.29) is 11.2 Å². The Morgan fingerprint density at radius 2 is 2.46 bits per heavy atom. The lowest BCUT2D eigenvalue weighted by molar-refractivity contribution is 0.0691. The van der Waals surface area contributed by atoms with Gasteiger partial charge in [-0.1, -0.05) is 0 Å². The zero-order valence-electron chi connectivity index (χ0n) is 7.20. The van der Waals surface area contributed by atoms with Gasteiger partial charge < -0.3 is 10.4 Å². The van der Waals surface area contributed by atoms with Crippen molar-refractivity contribution < 1.29 is 9.90 Å². The van der Waals surface area contributed by atoms with Gasteiger partial charge in [0.05, 0.1) is 0 Å². The quantitative estimate of drug-likeness (QED) is 0.777. The number of carboxylic acids is 1. The van der Waals surface area contributed by atoms with Crippen LogP contribution in [0.15, 0.2) is 5.38 Å². The lowest BCUT2D eigenvalue weighted by Gasteiger charge is -2.08. The molecule has 2 rings (SSSR count). The number of hydrogen-bond acceptors (Lipinski definition) is 4. The molecule has 0 unspecified atom stereocenters. The van der Waals surface area contributed by atoms with Gasteiger partial charge in [-0.25, -0.2) is 9.78 Å². The Morgan fingerprint density at radius 1 is 1.77 bits per heavy atom. The van der Waals surface area contributed by atoms with E-state index in [4.69, 9.17) is 5.11 Å². The lowest BCUT2D eigenvalue weighted by Crippen LogP contribution is -2.15. The molecule has 0 amide bonds. The van der Waals surface area contributed by atoms with Gasteiger partial charge in [-0.3, -0.25) is 0 Å². The summed E-state index contributed by atoms with van der Waals surface area (Å²) >= 11 is 1.34. The fourth-order valence-corrected chi connectivity index (χ4v) is 1.83. The van der Waals surface area contributed by atoms with Crippen LogP contribution in [0.4, 0.5) is 5.13 Å². The number of nitrogens with one attached hydrogen (secondary N) is 1. The Kier molecular flexibility index (Phi) is 1.76. The van der Waals surface area contributed by atoms with Crippen LogP contribution in [0.5, 0.6) is 0 Å². The molecule has 1 aromatic rings. The molecule has 13 heavy (non-hydrogen) atoms. The first-order valence-electron chi connectivity index (χ1n) is 4.06. The molecule has 5 heteroatoms. The summed E-state index contributed by atoms with van der Waals surface area (Å²) in [7, 11) is 0. The van der Waals surface area contributed by atoms with Gasteiger partial charge >= 0.3 is 5.97 Å². The van der Waals surface area contributed by atoms with Crippen LogP contribution in [-0.2, 0) is 0 Å². The Balaban J connectivity index is 2.09. The second-order valence-electron chi connectivity index (χ2n) is 3.53. The Labute approximate surface area is 79.6 Å². The summed E-state index contributed by atoms with van der Waals surface area (Å²) < 4.78 is 0. The van der Waals surface area contributed by atoms with Crippen molar-refractivity contribution in [2.75, 3.05) is 5.32 Å². The van der Waals surface area contributed by atoms with E-state index >= 15 is 0 Å². The molecule has 0 aromatic carbocycles. The van der Waals surface area contributed by atoms with Gasteiger partial charge in [0.15, 0.2) is 10.8 Å². The highest BCUT2D eigenvalue weighted by Crippen LogP contribution is 2.38. The third-order valence-corrected chi connectivity index (χ3v) is 2.89. The first kappa shape index (κ1) is 8.50. The summed E-state index contributed by atoms with van der Waals surface area (Å²) in [5.74, 6) is -0.967. The molecule has 1 saturated carbocycles. The molecule has 1 aromatic heterocycles. The van der Waals surface area contributed by atoms with Crippen LogP contribution in [0.1, 0.15) is 30.3 Å². The molecular weight excluding hydrogens is 188 g/mol. The minimum absolute atomic E-state index is 0.122. The van der Waals surface area contributed by atoms with Crippen LogP contribution in [0.25, 0.3) is 0 Å². The smallest absolute Gasteiger partial charge is 0.355 e. The van der Waals surface area contributed by atoms with E-state index in [0.29, 0.717) is 5.13 Å². The number of nitrogens with zero attached hydrogens (tertiary/aromatic N) is 1. The van der Waals surface area contributed by atoms with Crippen molar-refractivity contribution in [1.82, 2.24) is 4.98 Å². The third-order valence-electron chi connectivity index (χ3n) is 2.13. The van der Waals surface area contributed by atoms with Crippen molar-refractivity contribution in [3.05, 3.63) is 11.1 Å². The largest absolute Gasteiger partial charge is 0.476 e. The molecule has 1 heterocycles. The van der Waals surface area contributed by atoms with Crippen molar-refractivity contribution in [2.45, 2.75) is 25.3 Å². The highest BCUT2D eigenvalue weighted by molar-refractivity contribution is 7.13. The number of aromatic carboxylic acids is 1. The van der Waals surface area contributed by atoms with E-state index in [1.165, 1.54) is 11.3 Å². The van der Waals surface area contributed by atoms with Crippen LogP contribution in [-0.4, -0.2) is 21.6 Å². The number of thiazole rings is 1. The standard InChI is InChI=1S/C8H10N2O2S/c1-8(2-3-8)10-7-9-5(4-13-7)6(11)12/h4H,2-3H2,1H3,(H,9,10)(H,11,12). The average molecular weight is 198 g/mol. The Bertz CT molecular complexity index is 344. The number of carboxylic acid groups (broad SMARTS) is 1. The van der Waals surface area contributed by atoms with Gasteiger partial charge in [-0.2, -0.15) is 0 Å². The van der Waals surface area contributed by atoms with E-state index in [0.717, 1.165) is 12.8 Å². The first-order chi connectivity index (χ1) is 6.09. The summed E-state index contributed by atoms with van der Waals surface area (Å²) in [6.07, 6.45) is 2.27. The molecule has 4 nitrogen and oxygen atoms in total. The van der Waals surface area contributed by atoms with Crippen LogP contribution in [0.3, 0.4) is 0 Å². The number of rotatable bonds is 3. The topological polar surface area (TPSA) is 62.2 Å². The van der Waals surface area contributed by atoms with E-state index in [9.17, 15) is 4.79 Å². The highest BCUT2D eigenvalue weighted by Gasteiger charge is 2.37. The van der Waals surface area contributed by atoms with Crippen LogP contribution >= 0.6 is 11.3 Å². The Morgan fingerprint density at radius 3 is 2.92 bits per heavy atom. The molecular formula is C8H10N2O2S. The van der Waals surface area contributed by atoms with E-state index in [1.54, 1.807) is 5.38 Å². The molecule has 1 aliphatic rings. The molecule has 0 radical (unpaired) electrons. The van der Waals surface area contributed by atoms with E-state index in [1.807, 2.05) is 0 Å². The second kappa shape index (κ2) is 2.70. The fourth-order valence-electron chi connectivity index (χ4n) is 1.00. The van der Waals surface area contributed by atoms with Crippen LogP contribution < -0.4 is 5.32 Å². The lowest BCUT2D eigenvalue weighted by atomic mass is 10.3. The summed E-state index contributed by atoms with van der Waals surface area (Å²) in [4.78, 5) is 14.5. The van der Waals surface area contributed by atoms with Gasteiger partial charge in [0.1, 0.15) is 0 Å². The first-order valence-corrected chi connectivity index (χ1v) is 4.94. The molecule has 70 valence electrons. The molecule has 0 aliphatic heterocycles. The van der Waals surface area contributed by atoms with Gasteiger partial charge in [0, 0.05) is 10.9 Å². The van der Waals surface area contributed by atoms with E-state index in [2.05, 4.69) is 17.2 Å². The molecule has 0 saturated heterocycles. The Hall–Kier alpha value is -1.10. The molecule has 2 N–H and O–H groups in total. The van der Waals surface area contributed by atoms with Gasteiger partial charge in [-0.05, 0) is 19.8 Å². The van der Waals surface area contributed by atoms with Gasteiger partial charge in [0.2, 0.25) is 0 Å². The average Bonchev–Trinajstić information content (AvgIpc) is 2.62. The van der Waals surface area contributed by atoms with Crippen molar-refractivity contribution in [3.8, 4) is 0 Å². The fraction of sp³-hybridized carbons (Fsp3) is 0.500. The predicted octanol–water partition coefficient (Wildman–Crippen LogP) is 1.81. The third kappa shape index (κ3) is 1.80. The van der Waals surface area contributed by atoms with Gasteiger partial charge in [0.25, 0.3) is 0 Å². The summed E-state index contributed by atoms with van der Waals surface area (Å²) in [6.45, 7) is 2.11. The van der Waals surface area contributed by atoms with Crippen LogP contribution in [0.2, 0.25) is 0 Å². The maximum absolute atomic E-state index is 10.5. The minimum Gasteiger partial charge on any atom is -0.476 e. The van der Waals surface area contributed by atoms with Crippen LogP contribution in [0, 0.1) is 0 Å². The number of carbonyl (C=O) groups is 1. The molecule has 0 spiro atoms. The molecule has 1 fully saturated rings. The number of hydrogen-bond donors (Lipinski definition) is 2. The van der Waals surface area contributed by atoms with Crippen molar-refractivity contribution >= 4 is 22.4 Å². The second-order valence-corrected chi connectivity index (χ2v) is 4.39. The minimum atomic E-state index is -0.967. The highest BCUT2D eigenvalue weighted by atomic mass is 32.1. The van der Waals surface area contributed by atoms with Crippen molar-refractivity contribution in [1.29, 1.82) is 0 Å². The molecule has 1 aliphatic carbocycles. The normalized spacial score (nSPS) is 18.2. The number of anilines is 1. The van der Waals surface area contributed by atoms with Crippen molar-refractivity contribution in [3.63, 3.8) is 0 Å². The van der Waals surface area contributed by atoms with Crippen molar-refractivity contribution in [2.24, 2.45) is 0 Å². The molecule has 0 atom stereocenters. The maximum Gasteiger partial charge on any atom is 0.355 e. The summed E-state index contributed by atoms with van der Waals surface area (Å²) in [6, 6.07) is 0. The SMILES string of the molecule is CC1(Nc2nc(C(=O)O)cs2)CC1. The molecule has 0 bridgehead atoms. The zero-order chi connectivity index (χ0) is 9.47. The monoisotopic (exact) mass is 198 g/mol. The maximum atomic E-state index is 10.5.